The van der Waals surface area contributed by atoms with E-state index >= 15 is 0 Å². The van der Waals surface area contributed by atoms with E-state index in [2.05, 4.69) is 26.6 Å². The quantitative estimate of drug-likeness (QED) is 0.732. The molecule has 1 amide bonds. The lowest BCUT2D eigenvalue weighted by molar-refractivity contribution is 0.0977. The number of halogens is 1. The first-order valence-electron chi connectivity index (χ1n) is 7.22. The molecular formula is C17H17BrN2O3S. The molecule has 0 unspecified atom stereocenters. The van der Waals surface area contributed by atoms with E-state index < -0.39 is 0 Å². The van der Waals surface area contributed by atoms with Gasteiger partial charge in [0.15, 0.2) is 5.11 Å². The molecule has 2 N–H and O–H groups in total. The summed E-state index contributed by atoms with van der Waals surface area (Å²) in [6, 6.07) is 12.3. The maximum absolute atomic E-state index is 12.2. The molecule has 0 aromatic heterocycles. The van der Waals surface area contributed by atoms with Crippen LogP contribution in [0.4, 0.5) is 5.69 Å². The zero-order valence-electron chi connectivity index (χ0n) is 13.3. The van der Waals surface area contributed by atoms with Gasteiger partial charge in [0.25, 0.3) is 5.91 Å². The molecule has 0 saturated heterocycles. The Morgan fingerprint density at radius 2 is 2.04 bits per heavy atom. The van der Waals surface area contributed by atoms with Crippen molar-refractivity contribution in [1.29, 1.82) is 0 Å². The fourth-order valence-electron chi connectivity index (χ4n) is 1.98. The minimum Gasteiger partial charge on any atom is -0.496 e. The summed E-state index contributed by atoms with van der Waals surface area (Å²) in [7, 11) is 1.59. The van der Waals surface area contributed by atoms with Gasteiger partial charge in [-0.1, -0.05) is 6.07 Å². The van der Waals surface area contributed by atoms with Gasteiger partial charge in [-0.15, -0.1) is 0 Å². The third-order valence-corrected chi connectivity index (χ3v) is 3.87. The molecule has 2 aromatic carbocycles. The van der Waals surface area contributed by atoms with Crippen molar-refractivity contribution in [3.63, 3.8) is 0 Å². The summed E-state index contributed by atoms with van der Waals surface area (Å²) in [5.74, 6) is 1.05. The van der Waals surface area contributed by atoms with Crippen molar-refractivity contribution < 1.29 is 14.3 Å². The molecule has 5 nitrogen and oxygen atoms in total. The molecule has 7 heteroatoms. The number of carbonyl (C=O) groups excluding carboxylic acids is 1. The standard InChI is InChI=1S/C17H17BrN2O3S/c1-3-23-13-6-4-5-11(9-13)16(21)20-17(24)19-12-7-8-15(22-2)14(18)10-12/h4-10H,3H2,1-2H3,(H2,19,20,21,24). The summed E-state index contributed by atoms with van der Waals surface area (Å²) in [4.78, 5) is 12.2. The molecular weight excluding hydrogens is 392 g/mol. The molecule has 2 aromatic rings. The number of hydrogen-bond acceptors (Lipinski definition) is 4. The number of benzene rings is 2. The largest absolute Gasteiger partial charge is 0.496 e. The van der Waals surface area contributed by atoms with Gasteiger partial charge in [-0.25, -0.2) is 0 Å². The molecule has 24 heavy (non-hydrogen) atoms. The zero-order valence-corrected chi connectivity index (χ0v) is 15.7. The highest BCUT2D eigenvalue weighted by molar-refractivity contribution is 9.10. The highest BCUT2D eigenvalue weighted by atomic mass is 79.9. The molecule has 0 radical (unpaired) electrons. The van der Waals surface area contributed by atoms with Crippen LogP contribution in [0.25, 0.3) is 0 Å². The molecule has 2 rings (SSSR count). The summed E-state index contributed by atoms with van der Waals surface area (Å²) < 4.78 is 11.3. The summed E-state index contributed by atoms with van der Waals surface area (Å²) in [5, 5.41) is 5.81. The van der Waals surface area contributed by atoms with E-state index in [1.54, 1.807) is 43.5 Å². The zero-order chi connectivity index (χ0) is 17.5. The van der Waals surface area contributed by atoms with Gasteiger partial charge in [-0.2, -0.15) is 0 Å². The smallest absolute Gasteiger partial charge is 0.257 e. The fourth-order valence-corrected chi connectivity index (χ4v) is 2.73. The third-order valence-electron chi connectivity index (χ3n) is 3.04. The molecule has 0 aliphatic heterocycles. The second kappa shape index (κ2) is 8.65. The van der Waals surface area contributed by atoms with Crippen LogP contribution >= 0.6 is 28.1 Å². The summed E-state index contributed by atoms with van der Waals surface area (Å²) >= 11 is 8.58. The summed E-state index contributed by atoms with van der Waals surface area (Å²) in [5.41, 5.74) is 1.21. The highest BCUT2D eigenvalue weighted by Crippen LogP contribution is 2.27. The minimum atomic E-state index is -0.304. The maximum Gasteiger partial charge on any atom is 0.257 e. The van der Waals surface area contributed by atoms with E-state index in [0.717, 1.165) is 10.2 Å². The van der Waals surface area contributed by atoms with Crippen molar-refractivity contribution in [3.8, 4) is 11.5 Å². The highest BCUT2D eigenvalue weighted by Gasteiger charge is 2.10. The number of methoxy groups -OCH3 is 1. The predicted molar refractivity (Wildman–Crippen MR) is 102 cm³/mol. The van der Waals surface area contributed by atoms with Crippen LogP contribution < -0.4 is 20.1 Å². The van der Waals surface area contributed by atoms with E-state index in [0.29, 0.717) is 23.7 Å². The summed E-state index contributed by atoms with van der Waals surface area (Å²) in [6.45, 7) is 2.43. The van der Waals surface area contributed by atoms with Gasteiger partial charge < -0.3 is 14.8 Å². The first kappa shape index (κ1) is 18.2. The number of amides is 1. The number of anilines is 1. The average Bonchev–Trinajstić information content (AvgIpc) is 2.55. The Morgan fingerprint density at radius 3 is 2.71 bits per heavy atom. The lowest BCUT2D eigenvalue weighted by atomic mass is 10.2. The van der Waals surface area contributed by atoms with Gasteiger partial charge in [-0.05, 0) is 71.5 Å². The monoisotopic (exact) mass is 408 g/mol. The minimum absolute atomic E-state index is 0.207. The van der Waals surface area contributed by atoms with E-state index in [1.165, 1.54) is 0 Å². The van der Waals surface area contributed by atoms with Crippen LogP contribution in [0.1, 0.15) is 17.3 Å². The fraction of sp³-hybridized carbons (Fsp3) is 0.176. The van der Waals surface area contributed by atoms with Crippen LogP contribution in [0.2, 0.25) is 0 Å². The SMILES string of the molecule is CCOc1cccc(C(=O)NC(=S)Nc2ccc(OC)c(Br)c2)c1. The molecule has 0 atom stereocenters. The Labute approximate surface area is 154 Å². The Balaban J connectivity index is 2.00. The first-order chi connectivity index (χ1) is 11.5. The van der Waals surface area contributed by atoms with Crippen molar-refractivity contribution in [2.24, 2.45) is 0 Å². The van der Waals surface area contributed by atoms with Crippen molar-refractivity contribution in [2.45, 2.75) is 6.92 Å². The second-order valence-electron chi connectivity index (χ2n) is 4.72. The number of nitrogens with one attached hydrogen (secondary N) is 2. The third kappa shape index (κ3) is 4.94. The van der Waals surface area contributed by atoms with Crippen molar-refractivity contribution in [2.75, 3.05) is 19.0 Å². The number of thiocarbonyl (C=S) groups is 1. The molecule has 0 spiro atoms. The second-order valence-corrected chi connectivity index (χ2v) is 5.98. The van der Waals surface area contributed by atoms with E-state index in [4.69, 9.17) is 21.7 Å². The molecule has 0 aliphatic carbocycles. The number of rotatable bonds is 5. The van der Waals surface area contributed by atoms with Gasteiger partial charge in [-0.3, -0.25) is 10.1 Å². The topological polar surface area (TPSA) is 59.6 Å². The van der Waals surface area contributed by atoms with Crippen molar-refractivity contribution in [1.82, 2.24) is 5.32 Å². The van der Waals surface area contributed by atoms with E-state index in [9.17, 15) is 4.79 Å². The van der Waals surface area contributed by atoms with Gasteiger partial charge in [0.2, 0.25) is 0 Å². The van der Waals surface area contributed by atoms with Crippen LogP contribution in [-0.4, -0.2) is 24.7 Å². The van der Waals surface area contributed by atoms with Crippen molar-refractivity contribution in [3.05, 3.63) is 52.5 Å². The molecule has 0 heterocycles. The molecule has 126 valence electrons. The maximum atomic E-state index is 12.2. The van der Waals surface area contributed by atoms with Gasteiger partial charge >= 0.3 is 0 Å². The Hall–Kier alpha value is -2.12. The number of ether oxygens (including phenoxy) is 2. The van der Waals surface area contributed by atoms with Gasteiger partial charge in [0, 0.05) is 11.3 Å². The Morgan fingerprint density at radius 1 is 1.25 bits per heavy atom. The number of hydrogen-bond donors (Lipinski definition) is 2. The molecule has 0 fully saturated rings. The van der Waals surface area contributed by atoms with Crippen LogP contribution in [0.15, 0.2) is 46.9 Å². The normalized spacial score (nSPS) is 9.96. The first-order valence-corrected chi connectivity index (χ1v) is 8.42. The molecule has 0 bridgehead atoms. The van der Waals surface area contributed by atoms with E-state index in [-0.39, 0.29) is 11.0 Å². The van der Waals surface area contributed by atoms with Crippen LogP contribution in [0, 0.1) is 0 Å². The van der Waals surface area contributed by atoms with Crippen molar-refractivity contribution >= 4 is 44.9 Å². The van der Waals surface area contributed by atoms with Gasteiger partial charge in [0.1, 0.15) is 11.5 Å². The van der Waals surface area contributed by atoms with Crippen LogP contribution in [0.3, 0.4) is 0 Å². The molecule has 0 aliphatic rings. The van der Waals surface area contributed by atoms with Gasteiger partial charge in [0.05, 0.1) is 18.2 Å². The average molecular weight is 409 g/mol. The Kier molecular flexibility index (Phi) is 6.57. The lowest BCUT2D eigenvalue weighted by Crippen LogP contribution is -2.34. The van der Waals surface area contributed by atoms with Crippen LogP contribution in [-0.2, 0) is 0 Å². The summed E-state index contributed by atoms with van der Waals surface area (Å²) in [6.07, 6.45) is 0. The number of carbonyl (C=O) groups is 1. The van der Waals surface area contributed by atoms with Crippen LogP contribution in [0.5, 0.6) is 11.5 Å². The van der Waals surface area contributed by atoms with E-state index in [1.807, 2.05) is 13.0 Å². The Bertz CT molecular complexity index is 752. The molecule has 0 saturated carbocycles. The predicted octanol–water partition coefficient (Wildman–Crippen LogP) is 3.98. The lowest BCUT2D eigenvalue weighted by Gasteiger charge is -2.11.